The van der Waals surface area contributed by atoms with Gasteiger partial charge in [-0.1, -0.05) is 26.0 Å². The SMILES string of the molecule is COC(C)(C)[C@@H]1C[C@H](C/C=C/C(C)=C\C(=O)OC(C)C)C1(C)C. The summed E-state index contributed by atoms with van der Waals surface area (Å²) in [5.41, 5.74) is 1.14. The highest BCUT2D eigenvalue weighted by Gasteiger charge is 2.53. The summed E-state index contributed by atoms with van der Waals surface area (Å²) in [5.74, 6) is 0.970. The van der Waals surface area contributed by atoms with Gasteiger partial charge in [-0.3, -0.25) is 0 Å². The van der Waals surface area contributed by atoms with Gasteiger partial charge >= 0.3 is 5.97 Å². The third-order valence-electron chi connectivity index (χ3n) is 5.33. The van der Waals surface area contributed by atoms with Gasteiger partial charge in [-0.05, 0) is 70.3 Å². The van der Waals surface area contributed by atoms with Crippen LogP contribution in [0.1, 0.15) is 61.3 Å². The molecule has 0 bridgehead atoms. The number of rotatable bonds is 7. The Morgan fingerprint density at radius 3 is 2.43 bits per heavy atom. The number of ether oxygens (including phenoxy) is 2. The average Bonchev–Trinajstić information content (AvgIpc) is 2.40. The van der Waals surface area contributed by atoms with Crippen molar-refractivity contribution in [2.24, 2.45) is 17.3 Å². The molecule has 0 radical (unpaired) electrons. The zero-order valence-corrected chi connectivity index (χ0v) is 16.1. The lowest BCUT2D eigenvalue weighted by molar-refractivity contribution is -0.153. The molecule has 0 aromatic rings. The quantitative estimate of drug-likeness (QED) is 0.379. The van der Waals surface area contributed by atoms with E-state index in [-0.39, 0.29) is 23.1 Å². The molecule has 1 saturated carbocycles. The highest BCUT2D eigenvalue weighted by Crippen LogP contribution is 2.57. The van der Waals surface area contributed by atoms with Gasteiger partial charge in [-0.2, -0.15) is 0 Å². The summed E-state index contributed by atoms with van der Waals surface area (Å²) in [7, 11) is 1.80. The van der Waals surface area contributed by atoms with E-state index in [4.69, 9.17) is 9.47 Å². The first-order valence-electron chi connectivity index (χ1n) is 8.61. The van der Waals surface area contributed by atoms with Crippen molar-refractivity contribution in [1.82, 2.24) is 0 Å². The highest BCUT2D eigenvalue weighted by molar-refractivity contribution is 5.83. The molecule has 0 amide bonds. The van der Waals surface area contributed by atoms with Crippen molar-refractivity contribution in [1.29, 1.82) is 0 Å². The van der Waals surface area contributed by atoms with Crippen molar-refractivity contribution >= 4 is 5.97 Å². The third kappa shape index (κ3) is 5.20. The molecule has 0 spiro atoms. The summed E-state index contributed by atoms with van der Waals surface area (Å²) in [4.78, 5) is 11.6. The molecule has 1 aliphatic rings. The molecule has 0 unspecified atom stereocenters. The zero-order chi connectivity index (χ0) is 17.8. The summed E-state index contributed by atoms with van der Waals surface area (Å²) >= 11 is 0. The molecule has 23 heavy (non-hydrogen) atoms. The van der Waals surface area contributed by atoms with Gasteiger partial charge in [0.15, 0.2) is 0 Å². The minimum absolute atomic E-state index is 0.0693. The van der Waals surface area contributed by atoms with Gasteiger partial charge < -0.3 is 9.47 Å². The second-order valence-electron chi connectivity index (χ2n) is 8.13. The van der Waals surface area contributed by atoms with Crippen molar-refractivity contribution < 1.29 is 14.3 Å². The summed E-state index contributed by atoms with van der Waals surface area (Å²) in [6.45, 7) is 14.7. The van der Waals surface area contributed by atoms with Crippen LogP contribution in [0.25, 0.3) is 0 Å². The molecule has 0 aromatic carbocycles. The Morgan fingerprint density at radius 1 is 1.35 bits per heavy atom. The Bertz CT molecular complexity index is 469. The first kappa shape index (κ1) is 20.0. The molecule has 1 fully saturated rings. The molecule has 0 aromatic heterocycles. The Balaban J connectivity index is 2.54. The van der Waals surface area contributed by atoms with Gasteiger partial charge in [0, 0.05) is 13.2 Å². The van der Waals surface area contributed by atoms with Crippen molar-refractivity contribution in [3.8, 4) is 0 Å². The Morgan fingerprint density at radius 2 is 1.96 bits per heavy atom. The van der Waals surface area contributed by atoms with E-state index in [1.54, 1.807) is 13.2 Å². The van der Waals surface area contributed by atoms with Gasteiger partial charge in [0.25, 0.3) is 0 Å². The molecule has 2 atom stereocenters. The first-order valence-corrected chi connectivity index (χ1v) is 8.61. The maximum absolute atomic E-state index is 11.6. The molecule has 0 heterocycles. The summed E-state index contributed by atoms with van der Waals surface area (Å²) in [5, 5.41) is 0. The minimum atomic E-state index is -0.270. The number of esters is 1. The maximum atomic E-state index is 11.6. The summed E-state index contributed by atoms with van der Waals surface area (Å²) < 4.78 is 10.8. The lowest BCUT2D eigenvalue weighted by Crippen LogP contribution is -2.55. The van der Waals surface area contributed by atoms with Crippen molar-refractivity contribution in [3.63, 3.8) is 0 Å². The lowest BCUT2D eigenvalue weighted by Gasteiger charge is -2.58. The molecule has 1 rings (SSSR count). The predicted molar refractivity (Wildman–Crippen MR) is 95.2 cm³/mol. The molecule has 3 heteroatoms. The normalized spacial score (nSPS) is 24.8. The summed E-state index contributed by atoms with van der Waals surface area (Å²) in [6, 6.07) is 0. The van der Waals surface area contributed by atoms with Crippen LogP contribution < -0.4 is 0 Å². The topological polar surface area (TPSA) is 35.5 Å². The predicted octanol–water partition coefficient (Wildman–Crippen LogP) is 4.92. The van der Waals surface area contributed by atoms with Crippen LogP contribution in [0.3, 0.4) is 0 Å². The van der Waals surface area contributed by atoms with E-state index in [1.165, 1.54) is 6.42 Å². The standard InChI is InChI=1S/C20H34O3/c1-14(2)23-18(21)12-15(3)10-9-11-16-13-17(19(16,4)5)20(6,7)22-8/h9-10,12,14,16-17H,11,13H2,1-8H3/b10-9+,15-12-/t16-,17+/m0/s1. The largest absolute Gasteiger partial charge is 0.460 e. The van der Waals surface area contributed by atoms with Crippen LogP contribution in [-0.4, -0.2) is 24.8 Å². The van der Waals surface area contributed by atoms with Crippen LogP contribution in [0, 0.1) is 17.3 Å². The Hall–Kier alpha value is -1.09. The number of allylic oxidation sites excluding steroid dienone is 3. The number of hydrogen-bond donors (Lipinski definition) is 0. The fourth-order valence-electron chi connectivity index (χ4n) is 3.66. The molecule has 0 N–H and O–H groups in total. The smallest absolute Gasteiger partial charge is 0.331 e. The van der Waals surface area contributed by atoms with Gasteiger partial charge in [0.1, 0.15) is 0 Å². The first-order chi connectivity index (χ1) is 10.5. The van der Waals surface area contributed by atoms with Crippen molar-refractivity contribution in [2.45, 2.75) is 73.0 Å². The fourth-order valence-corrected chi connectivity index (χ4v) is 3.66. The lowest BCUT2D eigenvalue weighted by atomic mass is 9.49. The molecule has 1 aliphatic carbocycles. The van der Waals surface area contributed by atoms with Crippen LogP contribution in [-0.2, 0) is 14.3 Å². The van der Waals surface area contributed by atoms with Gasteiger partial charge in [-0.15, -0.1) is 0 Å². The zero-order valence-electron chi connectivity index (χ0n) is 16.1. The number of hydrogen-bond acceptors (Lipinski definition) is 3. The van der Waals surface area contributed by atoms with Crippen molar-refractivity contribution in [3.05, 3.63) is 23.8 Å². The second kappa shape index (κ2) is 7.65. The van der Waals surface area contributed by atoms with E-state index in [1.807, 2.05) is 26.8 Å². The molecule has 132 valence electrons. The molecule has 0 saturated heterocycles. The monoisotopic (exact) mass is 322 g/mol. The van der Waals surface area contributed by atoms with Gasteiger partial charge in [-0.25, -0.2) is 4.79 Å². The van der Waals surface area contributed by atoms with E-state index in [0.29, 0.717) is 11.8 Å². The second-order valence-corrected chi connectivity index (χ2v) is 8.13. The number of methoxy groups -OCH3 is 1. The van der Waals surface area contributed by atoms with Crippen LogP contribution >= 0.6 is 0 Å². The third-order valence-corrected chi connectivity index (χ3v) is 5.33. The van der Waals surface area contributed by atoms with Crippen LogP contribution in [0.15, 0.2) is 23.8 Å². The maximum Gasteiger partial charge on any atom is 0.331 e. The van der Waals surface area contributed by atoms with Crippen LogP contribution in [0.4, 0.5) is 0 Å². The van der Waals surface area contributed by atoms with E-state index in [2.05, 4.69) is 33.8 Å². The Labute approximate surface area is 142 Å². The van der Waals surface area contributed by atoms with E-state index in [9.17, 15) is 4.79 Å². The molecular formula is C20H34O3. The van der Waals surface area contributed by atoms with Crippen LogP contribution in [0.2, 0.25) is 0 Å². The molecule has 3 nitrogen and oxygen atoms in total. The molecule has 0 aliphatic heterocycles. The van der Waals surface area contributed by atoms with E-state index < -0.39 is 0 Å². The van der Waals surface area contributed by atoms with Crippen LogP contribution in [0.5, 0.6) is 0 Å². The number of carbonyl (C=O) groups excluding carboxylic acids is 1. The van der Waals surface area contributed by atoms with E-state index in [0.717, 1.165) is 12.0 Å². The fraction of sp³-hybridized carbons (Fsp3) is 0.750. The Kier molecular flexibility index (Phi) is 6.64. The molecular weight excluding hydrogens is 288 g/mol. The van der Waals surface area contributed by atoms with E-state index >= 15 is 0 Å². The van der Waals surface area contributed by atoms with Crippen molar-refractivity contribution in [2.75, 3.05) is 7.11 Å². The minimum Gasteiger partial charge on any atom is -0.460 e. The average molecular weight is 322 g/mol. The summed E-state index contributed by atoms with van der Waals surface area (Å²) in [6.07, 6.45) is 7.90. The number of carbonyl (C=O) groups is 1. The van der Waals surface area contributed by atoms with Gasteiger partial charge in [0.2, 0.25) is 0 Å². The van der Waals surface area contributed by atoms with Gasteiger partial charge in [0.05, 0.1) is 11.7 Å². The highest BCUT2D eigenvalue weighted by atomic mass is 16.5.